The summed E-state index contributed by atoms with van der Waals surface area (Å²) in [7, 11) is 0. The number of hydrogen-bond acceptors (Lipinski definition) is 5. The summed E-state index contributed by atoms with van der Waals surface area (Å²) < 4.78 is 7.25. The Bertz CT molecular complexity index is 1340. The maximum absolute atomic E-state index is 12.5. The van der Waals surface area contributed by atoms with E-state index in [9.17, 15) is 14.7 Å². The van der Waals surface area contributed by atoms with Crippen molar-refractivity contribution in [3.05, 3.63) is 96.2 Å². The number of fused-ring (bicyclic) bond motifs is 3. The molecule has 2 N–H and O–H groups in total. The van der Waals surface area contributed by atoms with Crippen LogP contribution in [0.15, 0.2) is 85.1 Å². The Labute approximate surface area is 214 Å². The van der Waals surface area contributed by atoms with Gasteiger partial charge in [-0.25, -0.2) is 9.59 Å². The second-order valence-corrected chi connectivity index (χ2v) is 9.09. The molecule has 188 valence electrons. The smallest absolute Gasteiger partial charge is 0.407 e. The second kappa shape index (κ2) is 11.1. The highest BCUT2D eigenvalue weighted by Gasteiger charge is 2.29. The van der Waals surface area contributed by atoms with Crippen molar-refractivity contribution in [2.24, 2.45) is 0 Å². The maximum atomic E-state index is 12.5. The van der Waals surface area contributed by atoms with Crippen LogP contribution in [-0.2, 0) is 16.1 Å². The molecule has 3 aromatic carbocycles. The third kappa shape index (κ3) is 5.53. The van der Waals surface area contributed by atoms with Crippen LogP contribution in [-0.4, -0.2) is 44.8 Å². The van der Waals surface area contributed by atoms with E-state index in [0.717, 1.165) is 33.5 Å². The van der Waals surface area contributed by atoms with Gasteiger partial charge in [0.2, 0.25) is 0 Å². The summed E-state index contributed by atoms with van der Waals surface area (Å²) in [5, 5.41) is 20.5. The first kappa shape index (κ1) is 24.2. The van der Waals surface area contributed by atoms with Gasteiger partial charge in [-0.2, -0.15) is 0 Å². The van der Waals surface area contributed by atoms with Crippen LogP contribution in [0.5, 0.6) is 0 Å². The highest BCUT2D eigenvalue weighted by molar-refractivity contribution is 5.81. The monoisotopic (exact) mass is 496 g/mol. The normalized spacial score (nSPS) is 13.0. The lowest BCUT2D eigenvalue weighted by molar-refractivity contribution is -0.139. The van der Waals surface area contributed by atoms with Gasteiger partial charge in [0.1, 0.15) is 18.3 Å². The summed E-state index contributed by atoms with van der Waals surface area (Å²) in [5.74, 6) is -1.16. The van der Waals surface area contributed by atoms with Crippen LogP contribution in [0.2, 0.25) is 0 Å². The number of nitrogens with one attached hydrogen (secondary N) is 1. The number of amides is 1. The van der Waals surface area contributed by atoms with Gasteiger partial charge in [-0.1, -0.05) is 84.1 Å². The molecule has 8 heteroatoms. The predicted octanol–water partition coefficient (Wildman–Crippen LogP) is 5.11. The topological polar surface area (TPSA) is 106 Å². The molecule has 0 aliphatic heterocycles. The summed E-state index contributed by atoms with van der Waals surface area (Å²) in [5.41, 5.74) is 6.27. The Morgan fingerprint density at radius 3 is 2.24 bits per heavy atom. The SMILES string of the molecule is O=C(N[C@@H](CCCCn1cc(-c2ccccc2)nn1)C(=O)O)OCC1c2ccccc2-c2ccccc21. The summed E-state index contributed by atoms with van der Waals surface area (Å²) in [6.45, 7) is 0.749. The van der Waals surface area contributed by atoms with Crippen molar-refractivity contribution in [3.63, 3.8) is 0 Å². The van der Waals surface area contributed by atoms with Gasteiger partial charge in [0, 0.05) is 18.0 Å². The number of alkyl carbamates (subject to hydrolysis) is 1. The number of carbonyl (C=O) groups excluding carboxylic acids is 1. The number of aryl methyl sites for hydroxylation is 1. The number of unbranched alkanes of at least 4 members (excludes halogenated alkanes) is 1. The molecule has 1 aliphatic carbocycles. The molecule has 1 aliphatic rings. The Morgan fingerprint density at radius 1 is 0.919 bits per heavy atom. The van der Waals surface area contributed by atoms with E-state index in [-0.39, 0.29) is 12.5 Å². The van der Waals surface area contributed by atoms with Crippen LogP contribution in [0.3, 0.4) is 0 Å². The molecule has 1 atom stereocenters. The van der Waals surface area contributed by atoms with Crippen LogP contribution >= 0.6 is 0 Å². The maximum Gasteiger partial charge on any atom is 0.407 e. The Kier molecular flexibility index (Phi) is 7.26. The molecule has 4 aromatic rings. The molecule has 0 unspecified atom stereocenters. The average Bonchev–Trinajstić information content (AvgIpc) is 3.52. The molecule has 1 amide bonds. The van der Waals surface area contributed by atoms with E-state index in [0.29, 0.717) is 25.8 Å². The van der Waals surface area contributed by atoms with Gasteiger partial charge in [0.15, 0.2) is 0 Å². The Morgan fingerprint density at radius 2 is 1.57 bits per heavy atom. The number of carboxylic acids is 1. The van der Waals surface area contributed by atoms with E-state index < -0.39 is 18.1 Å². The number of carbonyl (C=O) groups is 2. The lowest BCUT2D eigenvalue weighted by Gasteiger charge is -2.17. The zero-order valence-corrected chi connectivity index (χ0v) is 20.3. The number of carboxylic acid groups (broad SMARTS) is 1. The molecular weight excluding hydrogens is 468 g/mol. The number of benzene rings is 3. The summed E-state index contributed by atoms with van der Waals surface area (Å²) >= 11 is 0. The van der Waals surface area contributed by atoms with Crippen molar-refractivity contribution >= 4 is 12.1 Å². The van der Waals surface area contributed by atoms with E-state index in [4.69, 9.17) is 4.74 Å². The van der Waals surface area contributed by atoms with Crippen molar-refractivity contribution in [1.29, 1.82) is 0 Å². The number of hydrogen-bond donors (Lipinski definition) is 2. The van der Waals surface area contributed by atoms with Crippen molar-refractivity contribution in [2.75, 3.05) is 6.61 Å². The van der Waals surface area contributed by atoms with E-state index in [1.54, 1.807) is 4.68 Å². The molecule has 0 saturated carbocycles. The van der Waals surface area contributed by atoms with E-state index >= 15 is 0 Å². The van der Waals surface area contributed by atoms with Crippen LogP contribution in [0.4, 0.5) is 4.79 Å². The average molecular weight is 497 g/mol. The number of ether oxygens (including phenoxy) is 1. The van der Waals surface area contributed by atoms with Crippen molar-refractivity contribution in [1.82, 2.24) is 20.3 Å². The largest absolute Gasteiger partial charge is 0.480 e. The van der Waals surface area contributed by atoms with Gasteiger partial charge < -0.3 is 15.2 Å². The highest BCUT2D eigenvalue weighted by Crippen LogP contribution is 2.44. The standard InChI is InChI=1S/C29H28N4O4/c34-28(35)26(16-8-9-17-33-18-27(31-32-33)20-10-2-1-3-11-20)30-29(36)37-19-25-23-14-6-4-12-21(23)22-13-5-7-15-24(22)25/h1-7,10-15,18,25-26H,8-9,16-17,19H2,(H,30,36)(H,34,35)/t26-/m0/s1. The highest BCUT2D eigenvalue weighted by atomic mass is 16.5. The minimum Gasteiger partial charge on any atom is -0.480 e. The molecule has 1 aromatic heterocycles. The fraction of sp³-hybridized carbons (Fsp3) is 0.241. The minimum absolute atomic E-state index is 0.0788. The third-order valence-corrected chi connectivity index (χ3v) is 6.67. The van der Waals surface area contributed by atoms with Gasteiger partial charge in [0.25, 0.3) is 0 Å². The molecule has 0 saturated heterocycles. The first-order valence-corrected chi connectivity index (χ1v) is 12.4. The fourth-order valence-corrected chi connectivity index (χ4v) is 4.81. The first-order chi connectivity index (χ1) is 18.1. The predicted molar refractivity (Wildman–Crippen MR) is 139 cm³/mol. The zero-order chi connectivity index (χ0) is 25.6. The van der Waals surface area contributed by atoms with E-state index in [1.165, 1.54) is 0 Å². The quantitative estimate of drug-likeness (QED) is 0.296. The number of rotatable bonds is 10. The molecule has 37 heavy (non-hydrogen) atoms. The van der Waals surface area contributed by atoms with Crippen molar-refractivity contribution < 1.29 is 19.4 Å². The first-order valence-electron chi connectivity index (χ1n) is 12.4. The number of aromatic nitrogens is 3. The van der Waals surface area contributed by atoms with Crippen molar-refractivity contribution in [3.8, 4) is 22.4 Å². The van der Waals surface area contributed by atoms with Crippen LogP contribution in [0.25, 0.3) is 22.4 Å². The van der Waals surface area contributed by atoms with Crippen LogP contribution < -0.4 is 5.32 Å². The van der Waals surface area contributed by atoms with Gasteiger partial charge in [-0.3, -0.25) is 4.68 Å². The molecule has 8 nitrogen and oxygen atoms in total. The van der Waals surface area contributed by atoms with Gasteiger partial charge >= 0.3 is 12.1 Å². The molecule has 0 spiro atoms. The third-order valence-electron chi connectivity index (χ3n) is 6.67. The van der Waals surface area contributed by atoms with Crippen molar-refractivity contribution in [2.45, 2.75) is 37.8 Å². The molecule has 0 fully saturated rings. The van der Waals surface area contributed by atoms with Crippen LogP contribution in [0, 0.1) is 0 Å². The number of aliphatic carboxylic acids is 1. The molecule has 1 heterocycles. The summed E-state index contributed by atoms with van der Waals surface area (Å²) in [6, 6.07) is 24.9. The lowest BCUT2D eigenvalue weighted by atomic mass is 9.98. The summed E-state index contributed by atoms with van der Waals surface area (Å²) in [4.78, 5) is 24.3. The zero-order valence-electron chi connectivity index (χ0n) is 20.3. The van der Waals surface area contributed by atoms with Gasteiger partial charge in [0.05, 0.1) is 6.20 Å². The van der Waals surface area contributed by atoms with Gasteiger partial charge in [-0.15, -0.1) is 5.10 Å². The molecule has 5 rings (SSSR count). The molecule has 0 bridgehead atoms. The lowest BCUT2D eigenvalue weighted by Crippen LogP contribution is -2.41. The van der Waals surface area contributed by atoms with E-state index in [1.807, 2.05) is 72.9 Å². The fourth-order valence-electron chi connectivity index (χ4n) is 4.81. The number of nitrogens with zero attached hydrogens (tertiary/aromatic N) is 3. The Balaban J connectivity index is 1.10. The molecular formula is C29H28N4O4. The second-order valence-electron chi connectivity index (χ2n) is 9.09. The molecule has 0 radical (unpaired) electrons. The van der Waals surface area contributed by atoms with Crippen LogP contribution in [0.1, 0.15) is 36.3 Å². The summed E-state index contributed by atoms with van der Waals surface area (Å²) in [6.07, 6.45) is 2.74. The Hall–Kier alpha value is -4.46. The van der Waals surface area contributed by atoms with E-state index in [2.05, 4.69) is 27.8 Å². The minimum atomic E-state index is -1.08. The van der Waals surface area contributed by atoms with Gasteiger partial charge in [-0.05, 0) is 41.5 Å².